The van der Waals surface area contributed by atoms with E-state index in [4.69, 9.17) is 4.74 Å². The molecule has 28 heavy (non-hydrogen) atoms. The van der Waals surface area contributed by atoms with Gasteiger partial charge >= 0.3 is 0 Å². The van der Waals surface area contributed by atoms with Crippen molar-refractivity contribution in [1.82, 2.24) is 4.90 Å². The molecule has 1 aromatic heterocycles. The molecule has 1 fully saturated rings. The molecule has 0 atom stereocenters. The molecule has 0 aliphatic carbocycles. The van der Waals surface area contributed by atoms with E-state index in [-0.39, 0.29) is 11.7 Å². The van der Waals surface area contributed by atoms with Gasteiger partial charge in [-0.15, -0.1) is 11.3 Å². The number of methoxy groups -OCH3 is 1. The van der Waals surface area contributed by atoms with E-state index in [0.717, 1.165) is 29.4 Å². The van der Waals surface area contributed by atoms with Crippen LogP contribution in [0.5, 0.6) is 5.75 Å². The van der Waals surface area contributed by atoms with Gasteiger partial charge in [0.15, 0.2) is 0 Å². The number of hydrogen-bond donors (Lipinski definition) is 0. The molecule has 4 nitrogen and oxygen atoms in total. The fourth-order valence-electron chi connectivity index (χ4n) is 3.46. The molecule has 0 unspecified atom stereocenters. The highest BCUT2D eigenvalue weighted by molar-refractivity contribution is 7.17. The molecule has 0 radical (unpaired) electrons. The van der Waals surface area contributed by atoms with Crippen LogP contribution in [0, 0.1) is 5.82 Å². The number of thiophene rings is 1. The third-order valence-electron chi connectivity index (χ3n) is 4.95. The third-order valence-corrected chi connectivity index (χ3v) is 6.06. The Morgan fingerprint density at radius 1 is 0.964 bits per heavy atom. The first kappa shape index (κ1) is 18.5. The van der Waals surface area contributed by atoms with Gasteiger partial charge in [0, 0.05) is 36.6 Å². The summed E-state index contributed by atoms with van der Waals surface area (Å²) in [6, 6.07) is 18.2. The maximum absolute atomic E-state index is 14.0. The van der Waals surface area contributed by atoms with Crippen molar-refractivity contribution in [3.8, 4) is 16.2 Å². The van der Waals surface area contributed by atoms with E-state index in [1.54, 1.807) is 31.4 Å². The molecule has 0 bridgehead atoms. The lowest BCUT2D eigenvalue weighted by Gasteiger charge is -2.36. The monoisotopic (exact) mass is 396 g/mol. The minimum Gasteiger partial charge on any atom is -0.495 e. The fourth-order valence-corrected chi connectivity index (χ4v) is 4.46. The zero-order chi connectivity index (χ0) is 19.5. The number of carbonyl (C=O) groups excluding carboxylic acids is 1. The predicted octanol–water partition coefficient (Wildman–Crippen LogP) is 4.53. The second-order valence-corrected chi connectivity index (χ2v) is 7.68. The van der Waals surface area contributed by atoms with Gasteiger partial charge in [-0.3, -0.25) is 4.79 Å². The predicted molar refractivity (Wildman–Crippen MR) is 111 cm³/mol. The smallest absolute Gasteiger partial charge is 0.264 e. The second kappa shape index (κ2) is 8.02. The first-order chi connectivity index (χ1) is 13.7. The van der Waals surface area contributed by atoms with Gasteiger partial charge in [0.1, 0.15) is 11.6 Å². The van der Waals surface area contributed by atoms with Crippen molar-refractivity contribution in [1.29, 1.82) is 0 Å². The largest absolute Gasteiger partial charge is 0.495 e. The molecule has 4 rings (SSSR count). The lowest BCUT2D eigenvalue weighted by Crippen LogP contribution is -2.48. The normalized spacial score (nSPS) is 14.2. The minimum atomic E-state index is -0.270. The number of ether oxygens (including phenoxy) is 1. The van der Waals surface area contributed by atoms with Crippen LogP contribution in [-0.2, 0) is 0 Å². The summed E-state index contributed by atoms with van der Waals surface area (Å²) in [5.41, 5.74) is 1.59. The average Bonchev–Trinajstić information content (AvgIpc) is 3.23. The maximum atomic E-state index is 14.0. The van der Waals surface area contributed by atoms with Crippen LogP contribution in [0.4, 0.5) is 10.1 Å². The van der Waals surface area contributed by atoms with Gasteiger partial charge in [-0.05, 0) is 30.3 Å². The zero-order valence-corrected chi connectivity index (χ0v) is 16.4. The molecular weight excluding hydrogens is 375 g/mol. The van der Waals surface area contributed by atoms with Gasteiger partial charge in [0.25, 0.3) is 5.91 Å². The Labute approximate surface area is 167 Å². The quantitative estimate of drug-likeness (QED) is 0.650. The van der Waals surface area contributed by atoms with E-state index >= 15 is 0 Å². The lowest BCUT2D eigenvalue weighted by molar-refractivity contribution is 0.0751. The summed E-state index contributed by atoms with van der Waals surface area (Å²) in [7, 11) is 1.67. The second-order valence-electron chi connectivity index (χ2n) is 6.59. The zero-order valence-electron chi connectivity index (χ0n) is 15.6. The van der Waals surface area contributed by atoms with Crippen LogP contribution in [0.1, 0.15) is 9.67 Å². The fraction of sp³-hybridized carbons (Fsp3) is 0.227. The molecule has 1 amide bonds. The van der Waals surface area contributed by atoms with Crippen molar-refractivity contribution in [2.45, 2.75) is 0 Å². The Morgan fingerprint density at radius 3 is 2.43 bits per heavy atom. The molecule has 0 saturated carbocycles. The molecule has 1 aliphatic rings. The maximum Gasteiger partial charge on any atom is 0.264 e. The topological polar surface area (TPSA) is 32.8 Å². The van der Waals surface area contributed by atoms with E-state index in [2.05, 4.69) is 4.90 Å². The van der Waals surface area contributed by atoms with Crippen LogP contribution in [0.2, 0.25) is 0 Å². The summed E-state index contributed by atoms with van der Waals surface area (Å²) in [4.78, 5) is 18.4. The Bertz CT molecular complexity index is 980. The number of halogens is 1. The van der Waals surface area contributed by atoms with Crippen molar-refractivity contribution in [3.63, 3.8) is 0 Å². The van der Waals surface area contributed by atoms with Gasteiger partial charge < -0.3 is 14.5 Å². The lowest BCUT2D eigenvalue weighted by atomic mass is 10.2. The summed E-state index contributed by atoms with van der Waals surface area (Å²) in [5.74, 6) is 0.580. The summed E-state index contributed by atoms with van der Waals surface area (Å²) < 4.78 is 19.4. The molecule has 0 spiro atoms. The van der Waals surface area contributed by atoms with E-state index < -0.39 is 0 Å². The number of benzene rings is 2. The van der Waals surface area contributed by atoms with Crippen molar-refractivity contribution < 1.29 is 13.9 Å². The van der Waals surface area contributed by atoms with Crippen molar-refractivity contribution >= 4 is 22.9 Å². The first-order valence-corrected chi connectivity index (χ1v) is 10.0. The number of piperazine rings is 1. The van der Waals surface area contributed by atoms with Crippen LogP contribution in [0.25, 0.3) is 10.4 Å². The number of para-hydroxylation sites is 2. The van der Waals surface area contributed by atoms with Crippen LogP contribution in [-0.4, -0.2) is 44.1 Å². The molecule has 1 aliphatic heterocycles. The minimum absolute atomic E-state index is 0.00673. The molecule has 0 N–H and O–H groups in total. The van der Waals surface area contributed by atoms with E-state index in [1.807, 2.05) is 35.2 Å². The number of amides is 1. The van der Waals surface area contributed by atoms with Gasteiger partial charge in [-0.25, -0.2) is 4.39 Å². The van der Waals surface area contributed by atoms with Crippen LogP contribution in [0.15, 0.2) is 60.7 Å². The molecular formula is C22H21FN2O2S. The van der Waals surface area contributed by atoms with Crippen molar-refractivity contribution in [2.24, 2.45) is 0 Å². The van der Waals surface area contributed by atoms with Crippen molar-refractivity contribution in [3.05, 3.63) is 71.4 Å². The van der Waals surface area contributed by atoms with Gasteiger partial charge in [-0.2, -0.15) is 0 Å². The van der Waals surface area contributed by atoms with E-state index in [9.17, 15) is 9.18 Å². The van der Waals surface area contributed by atoms with Gasteiger partial charge in [0.2, 0.25) is 0 Å². The average molecular weight is 396 g/mol. The summed E-state index contributed by atoms with van der Waals surface area (Å²) in [6.45, 7) is 2.78. The Kier molecular flexibility index (Phi) is 5.30. The highest BCUT2D eigenvalue weighted by atomic mass is 32.1. The molecule has 1 saturated heterocycles. The first-order valence-electron chi connectivity index (χ1n) is 9.19. The molecule has 2 aromatic carbocycles. The number of rotatable bonds is 4. The molecule has 3 aromatic rings. The van der Waals surface area contributed by atoms with Gasteiger partial charge in [-0.1, -0.05) is 30.3 Å². The summed E-state index contributed by atoms with van der Waals surface area (Å²) in [5, 5.41) is 0. The van der Waals surface area contributed by atoms with E-state index in [0.29, 0.717) is 23.5 Å². The number of nitrogens with zero attached hydrogens (tertiary/aromatic N) is 2. The van der Waals surface area contributed by atoms with Crippen LogP contribution >= 0.6 is 11.3 Å². The number of anilines is 1. The standard InChI is InChI=1S/C22H21FN2O2S/c1-27-19-9-5-4-8-18(19)24-12-14-25(15-13-24)22(26)21-11-10-20(28-21)16-6-2-3-7-17(16)23/h2-11H,12-15H2,1H3. The van der Waals surface area contributed by atoms with E-state index in [1.165, 1.54) is 17.4 Å². The third kappa shape index (κ3) is 3.60. The van der Waals surface area contributed by atoms with Crippen LogP contribution in [0.3, 0.4) is 0 Å². The Morgan fingerprint density at radius 2 is 1.68 bits per heavy atom. The summed E-state index contributed by atoms with van der Waals surface area (Å²) in [6.07, 6.45) is 0. The number of carbonyl (C=O) groups is 1. The molecule has 2 heterocycles. The highest BCUT2D eigenvalue weighted by Gasteiger charge is 2.25. The SMILES string of the molecule is COc1ccccc1N1CCN(C(=O)c2ccc(-c3ccccc3F)s2)CC1. The molecule has 144 valence electrons. The van der Waals surface area contributed by atoms with Crippen LogP contribution < -0.4 is 9.64 Å². The van der Waals surface area contributed by atoms with Crippen molar-refractivity contribution in [2.75, 3.05) is 38.2 Å². The summed E-state index contributed by atoms with van der Waals surface area (Å²) >= 11 is 1.34. The molecule has 6 heteroatoms. The highest BCUT2D eigenvalue weighted by Crippen LogP contribution is 2.32. The van der Waals surface area contributed by atoms with Gasteiger partial charge in [0.05, 0.1) is 17.7 Å². The Balaban J connectivity index is 1.44. The number of hydrogen-bond acceptors (Lipinski definition) is 4. The Hall–Kier alpha value is -2.86.